The number of nitrogens with zero attached hydrogens (tertiary/aromatic N) is 3. The second-order valence-electron chi connectivity index (χ2n) is 3.51. The van der Waals surface area contributed by atoms with Crippen LogP contribution in [0.2, 0.25) is 0 Å². The number of fused-ring (bicyclic) bond motifs is 1. The molecule has 0 aliphatic heterocycles. The van der Waals surface area contributed by atoms with Crippen molar-refractivity contribution in [3.05, 3.63) is 39.8 Å². The van der Waals surface area contributed by atoms with Crippen LogP contribution in [0.1, 0.15) is 10.5 Å². The van der Waals surface area contributed by atoms with E-state index in [2.05, 4.69) is 15.3 Å². The molecule has 8 heteroatoms. The molecule has 3 rings (SSSR count). The first-order valence-electron chi connectivity index (χ1n) is 4.92. The van der Waals surface area contributed by atoms with Crippen molar-refractivity contribution in [3.63, 3.8) is 0 Å². The number of hydrogen-bond donors (Lipinski definition) is 2. The molecule has 7 nitrogen and oxygen atoms in total. The Kier molecular flexibility index (Phi) is 2.23. The third-order valence-electron chi connectivity index (χ3n) is 2.40. The largest absolute Gasteiger partial charge is 0.476 e. The van der Waals surface area contributed by atoms with E-state index in [1.165, 1.54) is 15.9 Å². The number of carboxylic acid groups (broad SMARTS) is 1. The zero-order valence-electron chi connectivity index (χ0n) is 8.82. The molecule has 0 atom stereocenters. The molecule has 0 amide bonds. The van der Waals surface area contributed by atoms with Gasteiger partial charge in [0.15, 0.2) is 5.52 Å². The lowest BCUT2D eigenvalue weighted by atomic mass is 10.3. The number of rotatable bonds is 2. The molecule has 0 saturated heterocycles. The van der Waals surface area contributed by atoms with Crippen LogP contribution in [0.25, 0.3) is 16.1 Å². The Labute approximate surface area is 103 Å². The highest BCUT2D eigenvalue weighted by atomic mass is 32.1. The van der Waals surface area contributed by atoms with Crippen molar-refractivity contribution in [2.45, 2.75) is 0 Å². The molecular weight excluding hydrogens is 256 g/mol. The van der Waals surface area contributed by atoms with E-state index >= 15 is 0 Å². The van der Waals surface area contributed by atoms with Gasteiger partial charge in [0.05, 0.1) is 16.8 Å². The number of carbonyl (C=O) groups is 1. The van der Waals surface area contributed by atoms with E-state index in [1.54, 1.807) is 6.20 Å². The molecule has 0 aromatic carbocycles. The fourth-order valence-electron chi connectivity index (χ4n) is 1.63. The summed E-state index contributed by atoms with van der Waals surface area (Å²) in [5.41, 5.74) is -0.371. The Bertz CT molecular complexity index is 787. The molecule has 90 valence electrons. The first-order valence-corrected chi connectivity index (χ1v) is 5.80. The lowest BCUT2D eigenvalue weighted by Gasteiger charge is -1.98. The summed E-state index contributed by atoms with van der Waals surface area (Å²) in [6.07, 6.45) is 1.54. The summed E-state index contributed by atoms with van der Waals surface area (Å²) < 4.78 is 1.18. The first kappa shape index (κ1) is 10.7. The van der Waals surface area contributed by atoms with Crippen LogP contribution in [0.5, 0.6) is 0 Å². The maximum Gasteiger partial charge on any atom is 0.358 e. The predicted molar refractivity (Wildman–Crippen MR) is 63.9 cm³/mol. The second kappa shape index (κ2) is 3.77. The molecule has 3 aromatic rings. The highest BCUT2D eigenvalue weighted by molar-refractivity contribution is 7.13. The third-order valence-corrected chi connectivity index (χ3v) is 3.30. The summed E-state index contributed by atoms with van der Waals surface area (Å²) in [6, 6.07) is 3.70. The molecule has 0 unspecified atom stereocenters. The molecule has 3 heterocycles. The van der Waals surface area contributed by atoms with Crippen molar-refractivity contribution in [3.8, 4) is 10.6 Å². The van der Waals surface area contributed by atoms with Gasteiger partial charge in [-0.2, -0.15) is 0 Å². The van der Waals surface area contributed by atoms with Gasteiger partial charge in [-0.1, -0.05) is 11.3 Å². The van der Waals surface area contributed by atoms with Crippen LogP contribution in [0.3, 0.4) is 0 Å². The Hall–Kier alpha value is -2.48. The van der Waals surface area contributed by atoms with E-state index in [4.69, 9.17) is 5.11 Å². The van der Waals surface area contributed by atoms with Crippen molar-refractivity contribution < 1.29 is 9.90 Å². The lowest BCUT2D eigenvalue weighted by molar-refractivity contribution is 0.0692. The Morgan fingerprint density at radius 1 is 1.50 bits per heavy atom. The summed E-state index contributed by atoms with van der Waals surface area (Å²) in [5, 5.41) is 17.9. The van der Waals surface area contributed by atoms with Gasteiger partial charge < -0.3 is 10.1 Å². The monoisotopic (exact) mass is 262 g/mol. The van der Waals surface area contributed by atoms with E-state index in [-0.39, 0.29) is 11.2 Å². The van der Waals surface area contributed by atoms with Crippen LogP contribution in [-0.4, -0.2) is 30.9 Å². The van der Waals surface area contributed by atoms with Gasteiger partial charge in [0.1, 0.15) is 0 Å². The van der Waals surface area contributed by atoms with Gasteiger partial charge in [-0.3, -0.25) is 4.79 Å². The molecule has 0 aliphatic rings. The fraction of sp³-hybridized carbons (Fsp3) is 0. The van der Waals surface area contributed by atoms with Gasteiger partial charge in [0, 0.05) is 0 Å². The fourth-order valence-corrected chi connectivity index (χ4v) is 2.32. The molecule has 3 aromatic heterocycles. The Morgan fingerprint density at radius 3 is 3.00 bits per heavy atom. The van der Waals surface area contributed by atoms with Crippen LogP contribution in [0, 0.1) is 0 Å². The Morgan fingerprint density at radius 2 is 2.33 bits per heavy atom. The number of thiophene rings is 1. The SMILES string of the molecule is O=C(O)c1nnn2cc(-c3cccs3)[nH]c(=O)c12. The van der Waals surface area contributed by atoms with Crippen LogP contribution in [0.15, 0.2) is 28.5 Å². The molecule has 0 saturated carbocycles. The Balaban J connectivity index is 2.31. The highest BCUT2D eigenvalue weighted by Crippen LogP contribution is 2.21. The summed E-state index contributed by atoms with van der Waals surface area (Å²) >= 11 is 1.46. The van der Waals surface area contributed by atoms with E-state index < -0.39 is 11.5 Å². The summed E-state index contributed by atoms with van der Waals surface area (Å²) in [4.78, 5) is 26.2. The quantitative estimate of drug-likeness (QED) is 0.712. The first-order chi connectivity index (χ1) is 8.66. The van der Waals surface area contributed by atoms with Crippen LogP contribution < -0.4 is 5.56 Å². The standard InChI is InChI=1S/C10H6N4O3S/c15-9-8-7(10(16)17)12-13-14(8)4-5(11-9)6-2-1-3-18-6/h1-4H,(H,11,15)(H,16,17). The highest BCUT2D eigenvalue weighted by Gasteiger charge is 2.17. The summed E-state index contributed by atoms with van der Waals surface area (Å²) in [5.74, 6) is -1.28. The van der Waals surface area contributed by atoms with Crippen molar-refractivity contribution in [1.82, 2.24) is 19.8 Å². The normalized spacial score (nSPS) is 10.9. The zero-order chi connectivity index (χ0) is 12.7. The topological polar surface area (TPSA) is 100 Å². The van der Waals surface area contributed by atoms with Crippen LogP contribution in [-0.2, 0) is 0 Å². The van der Waals surface area contributed by atoms with Crippen molar-refractivity contribution in [2.75, 3.05) is 0 Å². The summed E-state index contributed by atoms with van der Waals surface area (Å²) in [7, 11) is 0. The average molecular weight is 262 g/mol. The second-order valence-corrected chi connectivity index (χ2v) is 4.46. The van der Waals surface area contributed by atoms with Crippen LogP contribution in [0.4, 0.5) is 0 Å². The predicted octanol–water partition coefficient (Wildman–Crippen LogP) is 0.844. The van der Waals surface area contributed by atoms with Gasteiger partial charge in [-0.25, -0.2) is 9.31 Å². The molecule has 2 N–H and O–H groups in total. The molecule has 0 bridgehead atoms. The minimum absolute atomic E-state index is 0.0668. The number of carboxylic acids is 1. The number of hydrogen-bond acceptors (Lipinski definition) is 5. The van der Waals surface area contributed by atoms with E-state index in [0.717, 1.165) is 4.88 Å². The molecule has 0 fully saturated rings. The van der Waals surface area contributed by atoms with Gasteiger partial charge >= 0.3 is 5.97 Å². The number of aromatic amines is 1. The van der Waals surface area contributed by atoms with Crippen LogP contribution >= 0.6 is 11.3 Å². The molecule has 0 spiro atoms. The van der Waals surface area contributed by atoms with Crippen molar-refractivity contribution in [1.29, 1.82) is 0 Å². The molecule has 18 heavy (non-hydrogen) atoms. The average Bonchev–Trinajstić information content (AvgIpc) is 2.97. The number of H-pyrrole nitrogens is 1. The van der Waals surface area contributed by atoms with E-state index in [0.29, 0.717) is 5.69 Å². The van der Waals surface area contributed by atoms with E-state index in [1.807, 2.05) is 17.5 Å². The van der Waals surface area contributed by atoms with E-state index in [9.17, 15) is 9.59 Å². The zero-order valence-corrected chi connectivity index (χ0v) is 9.64. The lowest BCUT2D eigenvalue weighted by Crippen LogP contribution is -2.13. The van der Waals surface area contributed by atoms with Crippen molar-refractivity contribution in [2.24, 2.45) is 0 Å². The molecule has 0 aliphatic carbocycles. The maximum atomic E-state index is 11.9. The number of nitrogens with one attached hydrogen (secondary N) is 1. The minimum Gasteiger partial charge on any atom is -0.476 e. The maximum absolute atomic E-state index is 11.9. The third kappa shape index (κ3) is 1.51. The molecule has 0 radical (unpaired) electrons. The van der Waals surface area contributed by atoms with Gasteiger partial charge in [0.25, 0.3) is 5.56 Å². The van der Waals surface area contributed by atoms with Gasteiger partial charge in [0.2, 0.25) is 5.69 Å². The molecular formula is C10H6N4O3S. The minimum atomic E-state index is -1.28. The summed E-state index contributed by atoms with van der Waals surface area (Å²) in [6.45, 7) is 0. The van der Waals surface area contributed by atoms with Crippen molar-refractivity contribution >= 4 is 22.8 Å². The smallest absolute Gasteiger partial charge is 0.358 e. The van der Waals surface area contributed by atoms with Gasteiger partial charge in [-0.15, -0.1) is 16.4 Å². The number of aromatic carboxylic acids is 1. The van der Waals surface area contributed by atoms with Gasteiger partial charge in [-0.05, 0) is 11.4 Å². The number of aromatic nitrogens is 4.